The Labute approximate surface area is 168 Å². The summed E-state index contributed by atoms with van der Waals surface area (Å²) in [4.78, 5) is 17.4. The van der Waals surface area contributed by atoms with Crippen molar-refractivity contribution < 1.29 is 9.53 Å². The van der Waals surface area contributed by atoms with E-state index in [1.54, 1.807) is 0 Å². The number of rotatable bonds is 4. The molecule has 4 fully saturated rings. The first-order valence-electron chi connectivity index (χ1n) is 11.4. The number of piperidine rings is 2. The summed E-state index contributed by atoms with van der Waals surface area (Å²) in [7, 11) is 0. The Balaban J connectivity index is 1.07. The lowest BCUT2D eigenvalue weighted by molar-refractivity contribution is -0.112. The number of carbonyl (C=O) groups excluding carboxylic acids is 1. The zero-order valence-corrected chi connectivity index (χ0v) is 17.0. The van der Waals surface area contributed by atoms with Gasteiger partial charge >= 0.3 is 0 Å². The molecular weight excluding hydrogens is 352 g/mol. The first-order chi connectivity index (χ1) is 13.7. The molecule has 3 saturated heterocycles. The van der Waals surface area contributed by atoms with Gasteiger partial charge in [-0.1, -0.05) is 0 Å². The number of carbonyl (C=O) groups is 1. The number of nitrogens with zero attached hydrogens (tertiary/aromatic N) is 3. The lowest BCUT2D eigenvalue weighted by Gasteiger charge is -2.45. The van der Waals surface area contributed by atoms with Gasteiger partial charge in [-0.3, -0.25) is 9.89 Å². The molecule has 0 unspecified atom stereocenters. The Kier molecular flexibility index (Phi) is 5.18. The van der Waals surface area contributed by atoms with Gasteiger partial charge in [0.1, 0.15) is 5.69 Å². The standard InChI is InChI=1S/C22H34N4O2/c27-21(20-15-19(23-24-20)18-3-4-18)26-10-5-17(6-11-26)16-25-12-8-22(9-13-25)7-1-2-14-28-22/h15,17-18H,1-14,16H2,(H,23,24). The Morgan fingerprint density at radius 1 is 1.11 bits per heavy atom. The summed E-state index contributed by atoms with van der Waals surface area (Å²) in [5.41, 5.74) is 1.95. The van der Waals surface area contributed by atoms with Crippen molar-refractivity contribution >= 4 is 5.91 Å². The van der Waals surface area contributed by atoms with Gasteiger partial charge in [-0.05, 0) is 69.8 Å². The van der Waals surface area contributed by atoms with E-state index >= 15 is 0 Å². The molecule has 0 bridgehead atoms. The third kappa shape index (κ3) is 3.99. The van der Waals surface area contributed by atoms with E-state index in [0.717, 1.165) is 38.2 Å². The van der Waals surface area contributed by atoms with Gasteiger partial charge in [0.2, 0.25) is 0 Å². The summed E-state index contributed by atoms with van der Waals surface area (Å²) in [6.45, 7) is 6.25. The molecule has 1 amide bonds. The van der Waals surface area contributed by atoms with Crippen LogP contribution in [0.3, 0.4) is 0 Å². The third-order valence-electron chi connectivity index (χ3n) is 7.45. The largest absolute Gasteiger partial charge is 0.375 e. The Hall–Kier alpha value is -1.40. The summed E-state index contributed by atoms with van der Waals surface area (Å²) in [5.74, 6) is 1.44. The maximum Gasteiger partial charge on any atom is 0.274 e. The van der Waals surface area contributed by atoms with E-state index < -0.39 is 0 Å². The molecule has 1 aromatic rings. The highest BCUT2D eigenvalue weighted by Crippen LogP contribution is 2.39. The SMILES string of the molecule is O=C(c1cc(C2CC2)[nH]n1)N1CCC(CN2CCC3(CCCCO3)CC2)CC1. The fourth-order valence-corrected chi connectivity index (χ4v) is 5.34. The van der Waals surface area contributed by atoms with Crippen molar-refractivity contribution in [3.63, 3.8) is 0 Å². The van der Waals surface area contributed by atoms with Crippen LogP contribution in [0.4, 0.5) is 0 Å². The summed E-state index contributed by atoms with van der Waals surface area (Å²) in [6, 6.07) is 1.98. The highest BCUT2D eigenvalue weighted by molar-refractivity contribution is 5.92. The van der Waals surface area contributed by atoms with Gasteiger partial charge in [0.15, 0.2) is 0 Å². The van der Waals surface area contributed by atoms with Crippen molar-refractivity contribution in [1.29, 1.82) is 0 Å². The summed E-state index contributed by atoms with van der Waals surface area (Å²) < 4.78 is 6.17. The van der Waals surface area contributed by atoms with Crippen LogP contribution in [0.2, 0.25) is 0 Å². The molecule has 5 rings (SSSR count). The minimum Gasteiger partial charge on any atom is -0.375 e. The van der Waals surface area contributed by atoms with Crippen LogP contribution in [0.15, 0.2) is 6.07 Å². The molecule has 1 aromatic heterocycles. The predicted octanol–water partition coefficient (Wildman–Crippen LogP) is 3.17. The number of hydrogen-bond acceptors (Lipinski definition) is 4. The van der Waals surface area contributed by atoms with E-state index in [0.29, 0.717) is 17.5 Å². The second-order valence-electron chi connectivity index (χ2n) is 9.51. The minimum atomic E-state index is 0.107. The number of likely N-dealkylation sites (tertiary alicyclic amines) is 2. The molecule has 6 heteroatoms. The first-order valence-corrected chi connectivity index (χ1v) is 11.4. The fraction of sp³-hybridized carbons (Fsp3) is 0.818. The van der Waals surface area contributed by atoms with Gasteiger partial charge < -0.3 is 14.5 Å². The molecule has 4 aliphatic rings. The minimum absolute atomic E-state index is 0.107. The summed E-state index contributed by atoms with van der Waals surface area (Å²) in [6.07, 6.45) is 10.9. The quantitative estimate of drug-likeness (QED) is 0.863. The maximum absolute atomic E-state index is 12.7. The van der Waals surface area contributed by atoms with Crippen molar-refractivity contribution in [1.82, 2.24) is 20.0 Å². The van der Waals surface area contributed by atoms with E-state index in [2.05, 4.69) is 15.1 Å². The zero-order valence-electron chi connectivity index (χ0n) is 17.0. The van der Waals surface area contributed by atoms with Crippen molar-refractivity contribution in [2.24, 2.45) is 5.92 Å². The monoisotopic (exact) mass is 386 g/mol. The molecule has 1 aliphatic carbocycles. The van der Waals surface area contributed by atoms with Crippen molar-refractivity contribution in [2.75, 3.05) is 39.3 Å². The molecular formula is C22H34N4O2. The normalized spacial score (nSPS) is 26.6. The summed E-state index contributed by atoms with van der Waals surface area (Å²) >= 11 is 0. The second kappa shape index (κ2) is 7.79. The molecule has 0 atom stereocenters. The average molecular weight is 387 g/mol. The highest BCUT2D eigenvalue weighted by atomic mass is 16.5. The molecule has 0 aromatic carbocycles. The topological polar surface area (TPSA) is 61.5 Å². The van der Waals surface area contributed by atoms with Gasteiger partial charge in [-0.25, -0.2) is 0 Å². The number of H-pyrrole nitrogens is 1. The fourth-order valence-electron chi connectivity index (χ4n) is 5.34. The van der Waals surface area contributed by atoms with Gasteiger partial charge in [-0.15, -0.1) is 0 Å². The smallest absolute Gasteiger partial charge is 0.274 e. The maximum atomic E-state index is 12.7. The van der Waals surface area contributed by atoms with Crippen LogP contribution in [-0.4, -0.2) is 70.8 Å². The van der Waals surface area contributed by atoms with Crippen LogP contribution in [0, 0.1) is 5.92 Å². The van der Waals surface area contributed by atoms with E-state index in [1.807, 2.05) is 11.0 Å². The number of aromatic nitrogens is 2. The number of hydrogen-bond donors (Lipinski definition) is 1. The lowest BCUT2D eigenvalue weighted by Crippen LogP contribution is -2.49. The van der Waals surface area contributed by atoms with Crippen LogP contribution in [0.1, 0.15) is 79.9 Å². The number of aromatic amines is 1. The molecule has 1 saturated carbocycles. The van der Waals surface area contributed by atoms with Crippen LogP contribution in [0.5, 0.6) is 0 Å². The average Bonchev–Trinajstić information content (AvgIpc) is 3.47. The summed E-state index contributed by atoms with van der Waals surface area (Å²) in [5, 5.41) is 7.33. The zero-order chi connectivity index (χ0) is 19.0. The van der Waals surface area contributed by atoms with Gasteiger partial charge in [0.05, 0.1) is 5.60 Å². The number of nitrogens with one attached hydrogen (secondary N) is 1. The molecule has 0 radical (unpaired) electrons. The number of amides is 1. The predicted molar refractivity (Wildman–Crippen MR) is 107 cm³/mol. The van der Waals surface area contributed by atoms with E-state index in [9.17, 15) is 4.79 Å². The van der Waals surface area contributed by atoms with Crippen LogP contribution in [0.25, 0.3) is 0 Å². The molecule has 3 aliphatic heterocycles. The third-order valence-corrected chi connectivity index (χ3v) is 7.45. The second-order valence-corrected chi connectivity index (χ2v) is 9.51. The van der Waals surface area contributed by atoms with Gasteiger partial charge in [0.25, 0.3) is 5.91 Å². The molecule has 6 nitrogen and oxygen atoms in total. The Bertz CT molecular complexity index is 674. The molecule has 4 heterocycles. The molecule has 154 valence electrons. The van der Waals surface area contributed by atoms with Crippen LogP contribution >= 0.6 is 0 Å². The van der Waals surface area contributed by atoms with Crippen LogP contribution < -0.4 is 0 Å². The molecule has 1 spiro atoms. The lowest BCUT2D eigenvalue weighted by atomic mass is 9.84. The van der Waals surface area contributed by atoms with Crippen molar-refractivity contribution in [3.05, 3.63) is 17.5 Å². The molecule has 28 heavy (non-hydrogen) atoms. The Morgan fingerprint density at radius 2 is 1.89 bits per heavy atom. The van der Waals surface area contributed by atoms with Crippen LogP contribution in [-0.2, 0) is 4.74 Å². The first kappa shape index (κ1) is 18.6. The van der Waals surface area contributed by atoms with Gasteiger partial charge in [-0.2, -0.15) is 5.10 Å². The van der Waals surface area contributed by atoms with Crippen molar-refractivity contribution in [3.8, 4) is 0 Å². The van der Waals surface area contributed by atoms with E-state index in [-0.39, 0.29) is 11.5 Å². The van der Waals surface area contributed by atoms with Gasteiger partial charge in [0, 0.05) is 50.9 Å². The molecule has 1 N–H and O–H groups in total. The Morgan fingerprint density at radius 3 is 2.57 bits per heavy atom. The van der Waals surface area contributed by atoms with E-state index in [1.165, 1.54) is 64.6 Å². The van der Waals surface area contributed by atoms with Crippen molar-refractivity contribution in [2.45, 2.75) is 69.3 Å². The van der Waals surface area contributed by atoms with E-state index in [4.69, 9.17) is 4.74 Å². The highest BCUT2D eigenvalue weighted by Gasteiger charge is 2.37. The number of ether oxygens (including phenoxy) is 1.